The SMILES string of the molecule is COc1ccc(S(=O)(=O)N(C)C)cc1NC(=O)CN(C)S(C)(=O)=O. The lowest BCUT2D eigenvalue weighted by Crippen LogP contribution is -2.34. The maximum atomic E-state index is 12.2. The van der Waals surface area contributed by atoms with Crippen LogP contribution < -0.4 is 10.1 Å². The second kappa shape index (κ2) is 7.47. The number of anilines is 1. The number of carbonyl (C=O) groups is 1. The number of ether oxygens (including phenoxy) is 1. The van der Waals surface area contributed by atoms with Crippen LogP contribution in [0.2, 0.25) is 0 Å². The van der Waals surface area contributed by atoms with Gasteiger partial charge in [-0.2, -0.15) is 4.31 Å². The Hall–Kier alpha value is -1.69. The average Bonchev–Trinajstić information content (AvgIpc) is 2.45. The highest BCUT2D eigenvalue weighted by Gasteiger charge is 2.21. The zero-order valence-corrected chi connectivity index (χ0v) is 15.7. The molecule has 136 valence electrons. The Balaban J connectivity index is 3.12. The molecule has 0 aliphatic carbocycles. The molecule has 0 radical (unpaired) electrons. The molecule has 11 heteroatoms. The van der Waals surface area contributed by atoms with E-state index in [-0.39, 0.29) is 16.3 Å². The third-order valence-electron chi connectivity index (χ3n) is 3.16. The van der Waals surface area contributed by atoms with Crippen LogP contribution in [0.15, 0.2) is 23.1 Å². The van der Waals surface area contributed by atoms with E-state index in [0.29, 0.717) is 0 Å². The molecule has 0 saturated heterocycles. The minimum absolute atomic E-state index is 0.0277. The fourth-order valence-electron chi connectivity index (χ4n) is 1.67. The summed E-state index contributed by atoms with van der Waals surface area (Å²) < 4.78 is 54.0. The van der Waals surface area contributed by atoms with Crippen LogP contribution in [-0.4, -0.2) is 72.4 Å². The summed E-state index contributed by atoms with van der Waals surface area (Å²) in [5, 5.41) is 2.46. The largest absolute Gasteiger partial charge is 0.495 e. The minimum Gasteiger partial charge on any atom is -0.495 e. The zero-order chi connectivity index (χ0) is 18.7. The Morgan fingerprint density at radius 1 is 1.17 bits per heavy atom. The van der Waals surface area contributed by atoms with Crippen molar-refractivity contribution in [1.82, 2.24) is 8.61 Å². The molecule has 0 heterocycles. The third kappa shape index (κ3) is 4.90. The van der Waals surface area contributed by atoms with E-state index in [0.717, 1.165) is 14.9 Å². The first kappa shape index (κ1) is 20.4. The lowest BCUT2D eigenvalue weighted by Gasteiger charge is -2.17. The third-order valence-corrected chi connectivity index (χ3v) is 6.23. The number of carbonyl (C=O) groups excluding carboxylic acids is 1. The van der Waals surface area contributed by atoms with Gasteiger partial charge >= 0.3 is 0 Å². The number of hydrogen-bond donors (Lipinski definition) is 1. The number of nitrogens with zero attached hydrogens (tertiary/aromatic N) is 2. The quantitative estimate of drug-likeness (QED) is 0.700. The summed E-state index contributed by atoms with van der Waals surface area (Å²) in [7, 11) is -1.79. The van der Waals surface area contributed by atoms with Gasteiger partial charge in [-0.15, -0.1) is 0 Å². The van der Waals surface area contributed by atoms with Crippen molar-refractivity contribution in [1.29, 1.82) is 0 Å². The number of rotatable bonds is 7. The molecule has 0 bridgehead atoms. The van der Waals surface area contributed by atoms with E-state index in [4.69, 9.17) is 4.74 Å². The van der Waals surface area contributed by atoms with Crippen LogP contribution in [-0.2, 0) is 24.8 Å². The van der Waals surface area contributed by atoms with Gasteiger partial charge in [0, 0.05) is 21.1 Å². The number of amides is 1. The Morgan fingerprint density at radius 3 is 2.21 bits per heavy atom. The molecule has 0 fully saturated rings. The van der Waals surface area contributed by atoms with Crippen LogP contribution in [0.1, 0.15) is 0 Å². The molecule has 24 heavy (non-hydrogen) atoms. The highest BCUT2D eigenvalue weighted by Crippen LogP contribution is 2.28. The molecular formula is C13H21N3O6S2. The molecule has 0 spiro atoms. The molecule has 0 aliphatic heterocycles. The van der Waals surface area contributed by atoms with Crippen LogP contribution in [0.5, 0.6) is 5.75 Å². The van der Waals surface area contributed by atoms with Gasteiger partial charge in [0.1, 0.15) is 5.75 Å². The van der Waals surface area contributed by atoms with Crippen molar-refractivity contribution in [3.8, 4) is 5.75 Å². The number of likely N-dealkylation sites (N-methyl/N-ethyl adjacent to an activating group) is 1. The lowest BCUT2D eigenvalue weighted by molar-refractivity contribution is -0.116. The summed E-state index contributed by atoms with van der Waals surface area (Å²) in [6.45, 7) is -0.410. The van der Waals surface area contributed by atoms with Crippen LogP contribution in [0.3, 0.4) is 0 Å². The highest BCUT2D eigenvalue weighted by molar-refractivity contribution is 7.89. The van der Waals surface area contributed by atoms with Crippen molar-refractivity contribution in [3.05, 3.63) is 18.2 Å². The van der Waals surface area contributed by atoms with Crippen molar-refractivity contribution in [2.75, 3.05) is 46.4 Å². The molecule has 0 aliphatic rings. The maximum Gasteiger partial charge on any atom is 0.242 e. The van der Waals surface area contributed by atoms with Crippen LogP contribution >= 0.6 is 0 Å². The summed E-state index contributed by atoms with van der Waals surface area (Å²) in [5.74, 6) is -0.372. The second-order valence-electron chi connectivity index (χ2n) is 5.22. The van der Waals surface area contributed by atoms with Gasteiger partial charge in [0.2, 0.25) is 26.0 Å². The molecule has 0 unspecified atom stereocenters. The minimum atomic E-state index is -3.69. The van der Waals surface area contributed by atoms with Gasteiger partial charge in [-0.3, -0.25) is 4.79 Å². The number of nitrogens with one attached hydrogen (secondary N) is 1. The molecule has 1 aromatic rings. The van der Waals surface area contributed by atoms with Gasteiger partial charge in [0.05, 0.1) is 30.5 Å². The number of hydrogen-bond acceptors (Lipinski definition) is 6. The maximum absolute atomic E-state index is 12.2. The number of methoxy groups -OCH3 is 1. The van der Waals surface area contributed by atoms with E-state index in [1.807, 2.05) is 0 Å². The first-order chi connectivity index (χ1) is 10.9. The predicted molar refractivity (Wildman–Crippen MR) is 90.0 cm³/mol. The summed E-state index contributed by atoms with van der Waals surface area (Å²) in [6.07, 6.45) is 0.977. The monoisotopic (exact) mass is 379 g/mol. The van der Waals surface area contributed by atoms with Crippen molar-refractivity contribution >= 4 is 31.6 Å². The van der Waals surface area contributed by atoms with E-state index < -0.39 is 32.5 Å². The van der Waals surface area contributed by atoms with E-state index in [1.54, 1.807) is 0 Å². The Morgan fingerprint density at radius 2 is 1.75 bits per heavy atom. The molecule has 1 amide bonds. The van der Waals surface area contributed by atoms with Gasteiger partial charge in [0.15, 0.2) is 0 Å². The van der Waals surface area contributed by atoms with E-state index in [9.17, 15) is 21.6 Å². The fourth-order valence-corrected chi connectivity index (χ4v) is 2.95. The molecule has 1 aromatic carbocycles. The average molecular weight is 379 g/mol. The topological polar surface area (TPSA) is 113 Å². The van der Waals surface area contributed by atoms with Gasteiger partial charge in [0.25, 0.3) is 0 Å². The van der Waals surface area contributed by atoms with Crippen LogP contribution in [0.4, 0.5) is 5.69 Å². The lowest BCUT2D eigenvalue weighted by atomic mass is 10.3. The van der Waals surface area contributed by atoms with Crippen LogP contribution in [0.25, 0.3) is 0 Å². The fraction of sp³-hybridized carbons (Fsp3) is 0.462. The van der Waals surface area contributed by atoms with E-state index >= 15 is 0 Å². The van der Waals surface area contributed by atoms with Crippen LogP contribution in [0, 0.1) is 0 Å². The summed E-state index contributed by atoms with van der Waals surface area (Å²) in [4.78, 5) is 12.0. The molecule has 0 aromatic heterocycles. The molecule has 0 atom stereocenters. The Kier molecular flexibility index (Phi) is 6.33. The Labute approximate surface area is 142 Å². The second-order valence-corrected chi connectivity index (χ2v) is 9.46. The van der Waals surface area contributed by atoms with Crippen molar-refractivity contribution in [2.45, 2.75) is 4.90 Å². The van der Waals surface area contributed by atoms with Gasteiger partial charge < -0.3 is 10.1 Å². The zero-order valence-electron chi connectivity index (χ0n) is 14.1. The van der Waals surface area contributed by atoms with E-state index in [2.05, 4.69) is 5.32 Å². The van der Waals surface area contributed by atoms with Crippen molar-refractivity contribution in [3.63, 3.8) is 0 Å². The van der Waals surface area contributed by atoms with E-state index in [1.165, 1.54) is 46.5 Å². The summed E-state index contributed by atoms with van der Waals surface area (Å²) in [5.41, 5.74) is 0.132. The molecule has 1 N–H and O–H groups in total. The molecule has 9 nitrogen and oxygen atoms in total. The normalized spacial score (nSPS) is 12.5. The molecule has 0 saturated carbocycles. The first-order valence-corrected chi connectivity index (χ1v) is 10.00. The molecular weight excluding hydrogens is 358 g/mol. The van der Waals surface area contributed by atoms with Gasteiger partial charge in [-0.05, 0) is 18.2 Å². The highest BCUT2D eigenvalue weighted by atomic mass is 32.2. The molecule has 1 rings (SSSR count). The van der Waals surface area contributed by atoms with Crippen molar-refractivity contribution in [2.24, 2.45) is 0 Å². The van der Waals surface area contributed by atoms with Crippen molar-refractivity contribution < 1.29 is 26.4 Å². The standard InChI is InChI=1S/C13H21N3O6S2/c1-15(2)24(20,21)10-6-7-12(22-4)11(8-10)14-13(17)9-16(3)23(5,18)19/h6-8H,9H2,1-5H3,(H,14,17). The van der Waals surface area contributed by atoms with Gasteiger partial charge in [-0.25, -0.2) is 21.1 Å². The predicted octanol–water partition coefficient (Wildman–Crippen LogP) is -0.225. The van der Waals surface area contributed by atoms with Gasteiger partial charge in [-0.1, -0.05) is 0 Å². The summed E-state index contributed by atoms with van der Waals surface area (Å²) in [6, 6.07) is 4.02. The first-order valence-electron chi connectivity index (χ1n) is 6.71. The smallest absolute Gasteiger partial charge is 0.242 e. The number of sulfonamides is 2. The number of benzene rings is 1. The Bertz CT molecular complexity index is 818. The summed E-state index contributed by atoms with van der Waals surface area (Å²) >= 11 is 0.